The van der Waals surface area contributed by atoms with E-state index in [0.29, 0.717) is 5.69 Å². The van der Waals surface area contributed by atoms with Crippen LogP contribution in [0.5, 0.6) is 0 Å². The van der Waals surface area contributed by atoms with E-state index in [9.17, 15) is 9.59 Å². The number of carbonyl (C=O) groups is 2. The van der Waals surface area contributed by atoms with Crippen molar-refractivity contribution in [3.05, 3.63) is 59.4 Å². The Kier molecular flexibility index (Phi) is 4.07. The monoisotopic (exact) mass is 272 g/mol. The van der Waals surface area contributed by atoms with Gasteiger partial charge in [0.05, 0.1) is 6.61 Å². The van der Waals surface area contributed by atoms with Crippen LogP contribution in [0.15, 0.2) is 42.6 Å². The number of amides is 1. The molecule has 0 aliphatic heterocycles. The van der Waals surface area contributed by atoms with E-state index in [4.69, 9.17) is 10.2 Å². The standard InChI is InChI=1S/C14H12N2O4/c17-8-9-1-3-11(4-2-9)16-13(18)10-5-6-15-12(7-10)14(19)20/h1-7,17H,8H2,(H,16,18)(H,19,20). The fourth-order valence-corrected chi connectivity index (χ4v) is 1.59. The highest BCUT2D eigenvalue weighted by Crippen LogP contribution is 2.11. The van der Waals surface area contributed by atoms with Gasteiger partial charge in [0.2, 0.25) is 0 Å². The summed E-state index contributed by atoms with van der Waals surface area (Å²) in [6.45, 7) is -0.0689. The summed E-state index contributed by atoms with van der Waals surface area (Å²) in [6.07, 6.45) is 1.27. The van der Waals surface area contributed by atoms with E-state index < -0.39 is 11.9 Å². The second kappa shape index (κ2) is 5.94. The van der Waals surface area contributed by atoms with Crippen molar-refractivity contribution >= 4 is 17.6 Å². The molecule has 1 aromatic heterocycles. The summed E-state index contributed by atoms with van der Waals surface area (Å²) in [7, 11) is 0. The van der Waals surface area contributed by atoms with Crippen LogP contribution in [0.4, 0.5) is 5.69 Å². The Morgan fingerprint density at radius 1 is 1.15 bits per heavy atom. The number of nitrogens with one attached hydrogen (secondary N) is 1. The number of aliphatic hydroxyl groups excluding tert-OH is 1. The molecule has 2 rings (SSSR count). The molecule has 0 aliphatic rings. The Labute approximate surface area is 114 Å². The Morgan fingerprint density at radius 3 is 2.45 bits per heavy atom. The molecule has 6 heteroatoms. The van der Waals surface area contributed by atoms with E-state index in [1.807, 2.05) is 0 Å². The van der Waals surface area contributed by atoms with Crippen molar-refractivity contribution in [2.75, 3.05) is 5.32 Å². The summed E-state index contributed by atoms with van der Waals surface area (Å²) in [5.41, 5.74) is 1.32. The lowest BCUT2D eigenvalue weighted by atomic mass is 10.2. The molecule has 0 saturated heterocycles. The Balaban J connectivity index is 2.14. The molecule has 0 aliphatic carbocycles. The quantitative estimate of drug-likeness (QED) is 0.783. The summed E-state index contributed by atoms with van der Waals surface area (Å²) in [6, 6.07) is 9.32. The average Bonchev–Trinajstić information content (AvgIpc) is 2.48. The first-order valence-corrected chi connectivity index (χ1v) is 5.80. The van der Waals surface area contributed by atoms with Crippen LogP contribution in [-0.2, 0) is 6.61 Å². The second-order valence-electron chi connectivity index (χ2n) is 4.04. The van der Waals surface area contributed by atoms with Gasteiger partial charge in [0.25, 0.3) is 5.91 Å². The molecule has 1 heterocycles. The third kappa shape index (κ3) is 3.18. The number of carbonyl (C=O) groups excluding carboxylic acids is 1. The maximum atomic E-state index is 12.0. The zero-order valence-electron chi connectivity index (χ0n) is 10.4. The van der Waals surface area contributed by atoms with E-state index in [2.05, 4.69) is 10.3 Å². The number of anilines is 1. The second-order valence-corrected chi connectivity index (χ2v) is 4.04. The van der Waals surface area contributed by atoms with Crippen LogP contribution in [0.2, 0.25) is 0 Å². The lowest BCUT2D eigenvalue weighted by Crippen LogP contribution is -2.13. The van der Waals surface area contributed by atoms with Crippen molar-refractivity contribution < 1.29 is 19.8 Å². The highest BCUT2D eigenvalue weighted by atomic mass is 16.4. The summed E-state index contributed by atoms with van der Waals surface area (Å²) >= 11 is 0. The largest absolute Gasteiger partial charge is 0.477 e. The van der Waals surface area contributed by atoms with E-state index in [1.54, 1.807) is 24.3 Å². The first-order chi connectivity index (χ1) is 9.60. The molecule has 0 saturated carbocycles. The molecule has 20 heavy (non-hydrogen) atoms. The Morgan fingerprint density at radius 2 is 1.85 bits per heavy atom. The van der Waals surface area contributed by atoms with Crippen molar-refractivity contribution in [1.82, 2.24) is 4.98 Å². The van der Waals surface area contributed by atoms with Crippen molar-refractivity contribution in [2.24, 2.45) is 0 Å². The van der Waals surface area contributed by atoms with Gasteiger partial charge in [-0.3, -0.25) is 4.79 Å². The van der Waals surface area contributed by atoms with Gasteiger partial charge in [-0.15, -0.1) is 0 Å². The predicted octanol–water partition coefficient (Wildman–Crippen LogP) is 1.52. The summed E-state index contributed by atoms with van der Waals surface area (Å²) < 4.78 is 0. The van der Waals surface area contributed by atoms with Crippen molar-refractivity contribution in [1.29, 1.82) is 0 Å². The highest BCUT2D eigenvalue weighted by Gasteiger charge is 2.10. The SMILES string of the molecule is O=C(Nc1ccc(CO)cc1)c1ccnc(C(=O)O)c1. The van der Waals surface area contributed by atoms with Gasteiger partial charge in [-0.1, -0.05) is 12.1 Å². The molecule has 1 amide bonds. The minimum atomic E-state index is -1.19. The molecule has 1 aromatic carbocycles. The maximum absolute atomic E-state index is 12.0. The lowest BCUT2D eigenvalue weighted by Gasteiger charge is -2.06. The number of carboxylic acid groups (broad SMARTS) is 1. The van der Waals surface area contributed by atoms with Crippen molar-refractivity contribution in [3.8, 4) is 0 Å². The molecule has 0 radical (unpaired) electrons. The molecule has 102 valence electrons. The first kappa shape index (κ1) is 13.7. The summed E-state index contributed by atoms with van der Waals surface area (Å²) in [5, 5.41) is 20.4. The van der Waals surface area contributed by atoms with Crippen molar-refractivity contribution in [3.63, 3.8) is 0 Å². The van der Waals surface area contributed by atoms with Crippen LogP contribution >= 0.6 is 0 Å². The Bertz CT molecular complexity index is 638. The predicted molar refractivity (Wildman–Crippen MR) is 71.5 cm³/mol. The molecule has 6 nitrogen and oxygen atoms in total. The van der Waals surface area contributed by atoms with Crippen LogP contribution in [0.25, 0.3) is 0 Å². The third-order valence-corrected chi connectivity index (χ3v) is 2.64. The molecule has 0 spiro atoms. The van der Waals surface area contributed by atoms with Gasteiger partial charge in [-0.2, -0.15) is 0 Å². The number of hydrogen-bond acceptors (Lipinski definition) is 4. The van der Waals surface area contributed by atoms with Crippen LogP contribution in [0.1, 0.15) is 26.4 Å². The number of benzene rings is 1. The minimum Gasteiger partial charge on any atom is -0.477 e. The van der Waals surface area contributed by atoms with Gasteiger partial charge in [-0.05, 0) is 29.8 Å². The number of carboxylic acids is 1. The third-order valence-electron chi connectivity index (χ3n) is 2.64. The number of hydrogen-bond donors (Lipinski definition) is 3. The molecule has 0 bridgehead atoms. The van der Waals surface area contributed by atoms with Crippen molar-refractivity contribution in [2.45, 2.75) is 6.61 Å². The fourth-order valence-electron chi connectivity index (χ4n) is 1.59. The lowest BCUT2D eigenvalue weighted by molar-refractivity contribution is 0.0690. The fraction of sp³-hybridized carbons (Fsp3) is 0.0714. The molecule has 0 atom stereocenters. The average molecular weight is 272 g/mol. The molecular formula is C14H12N2O4. The van der Waals surface area contributed by atoms with Gasteiger partial charge in [0.1, 0.15) is 5.69 Å². The molecule has 0 fully saturated rings. The van der Waals surface area contributed by atoms with E-state index in [1.165, 1.54) is 18.3 Å². The molecular weight excluding hydrogens is 260 g/mol. The number of aromatic nitrogens is 1. The summed E-state index contributed by atoms with van der Waals surface area (Å²) in [5.74, 6) is -1.61. The van der Waals surface area contributed by atoms with Crippen LogP contribution in [0.3, 0.4) is 0 Å². The number of rotatable bonds is 4. The number of aromatic carboxylic acids is 1. The minimum absolute atomic E-state index is 0.0689. The zero-order chi connectivity index (χ0) is 14.5. The van der Waals surface area contributed by atoms with E-state index in [-0.39, 0.29) is 17.9 Å². The number of nitrogens with zero attached hydrogens (tertiary/aromatic N) is 1. The van der Waals surface area contributed by atoms with Gasteiger partial charge >= 0.3 is 5.97 Å². The number of aliphatic hydroxyl groups is 1. The molecule has 2 aromatic rings. The van der Waals surface area contributed by atoms with E-state index in [0.717, 1.165) is 5.56 Å². The van der Waals surface area contributed by atoms with Crippen LogP contribution in [0, 0.1) is 0 Å². The van der Waals surface area contributed by atoms with E-state index >= 15 is 0 Å². The Hall–Kier alpha value is -2.73. The van der Waals surface area contributed by atoms with Gasteiger partial charge in [0.15, 0.2) is 0 Å². The maximum Gasteiger partial charge on any atom is 0.354 e. The van der Waals surface area contributed by atoms with Gasteiger partial charge in [-0.25, -0.2) is 9.78 Å². The topological polar surface area (TPSA) is 99.5 Å². The molecule has 0 unspecified atom stereocenters. The highest BCUT2D eigenvalue weighted by molar-refractivity contribution is 6.05. The normalized spacial score (nSPS) is 10.1. The van der Waals surface area contributed by atoms with Crippen LogP contribution < -0.4 is 5.32 Å². The molecule has 3 N–H and O–H groups in total. The van der Waals surface area contributed by atoms with Gasteiger partial charge < -0.3 is 15.5 Å². The summed E-state index contributed by atoms with van der Waals surface area (Å²) in [4.78, 5) is 26.4. The van der Waals surface area contributed by atoms with Crippen LogP contribution in [-0.4, -0.2) is 27.1 Å². The number of pyridine rings is 1. The smallest absolute Gasteiger partial charge is 0.354 e. The first-order valence-electron chi connectivity index (χ1n) is 5.80. The zero-order valence-corrected chi connectivity index (χ0v) is 10.4. The van der Waals surface area contributed by atoms with Gasteiger partial charge in [0, 0.05) is 17.4 Å².